The Hall–Kier alpha value is -1.36. The predicted octanol–water partition coefficient (Wildman–Crippen LogP) is 3.40. The highest BCUT2D eigenvalue weighted by molar-refractivity contribution is 9.10. The normalized spacial score (nSPS) is 12.7. The van der Waals surface area contributed by atoms with E-state index < -0.39 is 23.6 Å². The quantitative estimate of drug-likeness (QED) is 0.798. The van der Waals surface area contributed by atoms with E-state index in [2.05, 4.69) is 15.9 Å². The van der Waals surface area contributed by atoms with Crippen molar-refractivity contribution in [1.82, 2.24) is 0 Å². The van der Waals surface area contributed by atoms with E-state index in [0.717, 1.165) is 4.47 Å². The summed E-state index contributed by atoms with van der Waals surface area (Å²) in [6.07, 6.45) is -1.05. The summed E-state index contributed by atoms with van der Waals surface area (Å²) in [6, 6.07) is 7.02. The lowest BCUT2D eigenvalue weighted by atomic mass is 10.1. The van der Waals surface area contributed by atoms with Crippen molar-refractivity contribution >= 4 is 27.9 Å². The van der Waals surface area contributed by atoms with E-state index in [1.165, 1.54) is 6.92 Å². The molecule has 0 aliphatic heterocycles. The lowest BCUT2D eigenvalue weighted by Crippen LogP contribution is -2.29. The molecule has 0 aromatic heterocycles. The van der Waals surface area contributed by atoms with Gasteiger partial charge in [0.05, 0.1) is 0 Å². The molecule has 0 radical (unpaired) electrons. The summed E-state index contributed by atoms with van der Waals surface area (Å²) < 4.78 is 11.1. The van der Waals surface area contributed by atoms with Crippen LogP contribution in [0.3, 0.4) is 0 Å². The minimum absolute atomic E-state index is 0.532. The monoisotopic (exact) mass is 328 g/mol. The molecule has 0 bridgehead atoms. The molecular weight excluding hydrogens is 312 g/mol. The molecule has 19 heavy (non-hydrogen) atoms. The SMILES string of the molecule is CC(=O)O[C@H](C(=O)OC(C)(C)C)c1cccc(Br)c1. The Morgan fingerprint density at radius 1 is 1.26 bits per heavy atom. The van der Waals surface area contributed by atoms with Gasteiger partial charge < -0.3 is 9.47 Å². The Kier molecular flexibility index (Phi) is 5.11. The van der Waals surface area contributed by atoms with Gasteiger partial charge in [-0.3, -0.25) is 4.79 Å². The number of halogens is 1. The first kappa shape index (κ1) is 15.7. The van der Waals surface area contributed by atoms with Crippen molar-refractivity contribution in [3.05, 3.63) is 34.3 Å². The van der Waals surface area contributed by atoms with Crippen LogP contribution >= 0.6 is 15.9 Å². The highest BCUT2D eigenvalue weighted by Gasteiger charge is 2.29. The zero-order chi connectivity index (χ0) is 14.6. The van der Waals surface area contributed by atoms with Gasteiger partial charge in [0.2, 0.25) is 6.10 Å². The van der Waals surface area contributed by atoms with Gasteiger partial charge in [-0.05, 0) is 32.9 Å². The number of benzene rings is 1. The van der Waals surface area contributed by atoms with Gasteiger partial charge in [-0.15, -0.1) is 0 Å². The van der Waals surface area contributed by atoms with Gasteiger partial charge in [0.25, 0.3) is 0 Å². The van der Waals surface area contributed by atoms with Gasteiger partial charge in [-0.25, -0.2) is 4.79 Å². The highest BCUT2D eigenvalue weighted by atomic mass is 79.9. The third-order valence-electron chi connectivity index (χ3n) is 2.06. The molecule has 4 nitrogen and oxygen atoms in total. The number of carbonyl (C=O) groups is 2. The van der Waals surface area contributed by atoms with Crippen LogP contribution < -0.4 is 0 Å². The van der Waals surface area contributed by atoms with Crippen LogP contribution in [0.15, 0.2) is 28.7 Å². The fourth-order valence-electron chi connectivity index (χ4n) is 1.44. The van der Waals surface area contributed by atoms with Gasteiger partial charge >= 0.3 is 11.9 Å². The zero-order valence-corrected chi connectivity index (χ0v) is 13.0. The summed E-state index contributed by atoms with van der Waals surface area (Å²) in [7, 11) is 0. The van der Waals surface area contributed by atoms with Gasteiger partial charge in [-0.1, -0.05) is 28.1 Å². The van der Waals surface area contributed by atoms with Gasteiger partial charge in [0.15, 0.2) is 0 Å². The smallest absolute Gasteiger partial charge is 0.352 e. The van der Waals surface area contributed by atoms with E-state index in [1.807, 2.05) is 6.07 Å². The first-order valence-corrected chi connectivity index (χ1v) is 6.64. The first-order chi connectivity index (χ1) is 8.69. The molecule has 1 aromatic rings. The number of hydrogen-bond acceptors (Lipinski definition) is 4. The summed E-state index contributed by atoms with van der Waals surface area (Å²) in [5.41, 5.74) is -0.0690. The number of carbonyl (C=O) groups excluding carboxylic acids is 2. The van der Waals surface area contributed by atoms with Crippen molar-refractivity contribution < 1.29 is 19.1 Å². The molecule has 0 unspecified atom stereocenters. The fraction of sp³-hybridized carbons (Fsp3) is 0.429. The predicted molar refractivity (Wildman–Crippen MR) is 74.5 cm³/mol. The maximum Gasteiger partial charge on any atom is 0.352 e. The minimum Gasteiger partial charge on any atom is -0.457 e. The molecule has 0 aliphatic rings. The van der Waals surface area contributed by atoms with Gasteiger partial charge in [0, 0.05) is 17.0 Å². The molecule has 0 saturated heterocycles. The fourth-order valence-corrected chi connectivity index (χ4v) is 1.86. The summed E-state index contributed by atoms with van der Waals surface area (Å²) >= 11 is 3.31. The van der Waals surface area contributed by atoms with Crippen LogP contribution in [0, 0.1) is 0 Å². The topological polar surface area (TPSA) is 52.6 Å². The van der Waals surface area contributed by atoms with Crippen LogP contribution in [0.5, 0.6) is 0 Å². The third kappa shape index (κ3) is 5.42. The molecule has 0 saturated carbocycles. The van der Waals surface area contributed by atoms with E-state index in [-0.39, 0.29) is 0 Å². The Morgan fingerprint density at radius 2 is 1.89 bits per heavy atom. The van der Waals surface area contributed by atoms with E-state index in [1.54, 1.807) is 39.0 Å². The van der Waals surface area contributed by atoms with Crippen molar-refractivity contribution in [2.75, 3.05) is 0 Å². The van der Waals surface area contributed by atoms with Crippen LogP contribution in [0.4, 0.5) is 0 Å². The number of ether oxygens (including phenoxy) is 2. The maximum atomic E-state index is 12.1. The molecule has 1 atom stereocenters. The van der Waals surface area contributed by atoms with Crippen LogP contribution in [0.1, 0.15) is 39.4 Å². The Balaban J connectivity index is 3.01. The minimum atomic E-state index is -1.05. The molecule has 104 valence electrons. The molecule has 1 aromatic carbocycles. The van der Waals surface area contributed by atoms with Crippen LogP contribution in [-0.4, -0.2) is 17.5 Å². The highest BCUT2D eigenvalue weighted by Crippen LogP contribution is 2.24. The molecule has 1 rings (SSSR count). The molecule has 0 N–H and O–H groups in total. The molecule has 0 amide bonds. The van der Waals surface area contributed by atoms with E-state index in [4.69, 9.17) is 9.47 Å². The maximum absolute atomic E-state index is 12.1. The van der Waals surface area contributed by atoms with Gasteiger partial charge in [0.1, 0.15) is 5.60 Å². The van der Waals surface area contributed by atoms with Crippen LogP contribution in [0.2, 0.25) is 0 Å². The van der Waals surface area contributed by atoms with E-state index >= 15 is 0 Å². The second-order valence-electron chi connectivity index (χ2n) is 5.08. The van der Waals surface area contributed by atoms with Crippen molar-refractivity contribution in [2.45, 2.75) is 39.4 Å². The molecule has 5 heteroatoms. The number of hydrogen-bond donors (Lipinski definition) is 0. The average molecular weight is 329 g/mol. The standard InChI is InChI=1S/C14H17BrO4/c1-9(16)18-12(13(17)19-14(2,3)4)10-6-5-7-11(15)8-10/h5-8,12H,1-4H3/t12-/m0/s1. The molecule has 0 fully saturated rings. The van der Waals surface area contributed by atoms with E-state index in [0.29, 0.717) is 5.56 Å². The summed E-state index contributed by atoms with van der Waals surface area (Å²) in [5.74, 6) is -1.11. The summed E-state index contributed by atoms with van der Waals surface area (Å²) in [6.45, 7) is 6.54. The Morgan fingerprint density at radius 3 is 2.37 bits per heavy atom. The summed E-state index contributed by atoms with van der Waals surface area (Å²) in [5, 5.41) is 0. The third-order valence-corrected chi connectivity index (χ3v) is 2.55. The number of esters is 2. The zero-order valence-electron chi connectivity index (χ0n) is 11.4. The lowest BCUT2D eigenvalue weighted by molar-refractivity contribution is -0.175. The summed E-state index contributed by atoms with van der Waals surface area (Å²) in [4.78, 5) is 23.2. The van der Waals surface area contributed by atoms with Crippen molar-refractivity contribution in [2.24, 2.45) is 0 Å². The molecule has 0 aliphatic carbocycles. The Labute approximate surface area is 121 Å². The molecule has 0 spiro atoms. The van der Waals surface area contributed by atoms with Crippen LogP contribution in [-0.2, 0) is 19.1 Å². The van der Waals surface area contributed by atoms with E-state index in [9.17, 15) is 9.59 Å². The molecule has 0 heterocycles. The van der Waals surface area contributed by atoms with Crippen molar-refractivity contribution in [3.8, 4) is 0 Å². The molecular formula is C14H17BrO4. The second kappa shape index (κ2) is 6.19. The average Bonchev–Trinajstić information content (AvgIpc) is 2.23. The number of rotatable bonds is 3. The first-order valence-electron chi connectivity index (χ1n) is 5.84. The van der Waals surface area contributed by atoms with Crippen molar-refractivity contribution in [3.63, 3.8) is 0 Å². The Bertz CT molecular complexity index is 477. The largest absolute Gasteiger partial charge is 0.457 e. The van der Waals surface area contributed by atoms with Crippen molar-refractivity contribution in [1.29, 1.82) is 0 Å². The lowest BCUT2D eigenvalue weighted by Gasteiger charge is -2.24. The van der Waals surface area contributed by atoms with Crippen LogP contribution in [0.25, 0.3) is 0 Å². The van der Waals surface area contributed by atoms with Gasteiger partial charge in [-0.2, -0.15) is 0 Å². The second-order valence-corrected chi connectivity index (χ2v) is 5.99.